The van der Waals surface area contributed by atoms with Crippen molar-refractivity contribution in [2.75, 3.05) is 41.0 Å². The zero-order valence-electron chi connectivity index (χ0n) is 16.5. The fourth-order valence-corrected chi connectivity index (χ4v) is 3.06. The van der Waals surface area contributed by atoms with Crippen LogP contribution in [-0.4, -0.2) is 57.8 Å². The number of esters is 1. The third-order valence-corrected chi connectivity index (χ3v) is 4.56. The maximum atomic E-state index is 11.7. The van der Waals surface area contributed by atoms with Crippen LogP contribution in [0, 0.1) is 5.92 Å². The molecule has 1 N–H and O–H groups in total. The molecular weight excluding hydrogens is 461 g/mol. The molecule has 0 bridgehead atoms. The summed E-state index contributed by atoms with van der Waals surface area (Å²) in [6.07, 6.45) is 1.56. The van der Waals surface area contributed by atoms with Gasteiger partial charge in [0.15, 0.2) is 5.96 Å². The lowest BCUT2D eigenvalue weighted by Gasteiger charge is -2.33. The number of benzene rings is 1. The first-order chi connectivity index (χ1) is 12.6. The van der Waals surface area contributed by atoms with Crippen molar-refractivity contribution in [3.05, 3.63) is 23.8 Å². The lowest BCUT2D eigenvalue weighted by molar-refractivity contribution is -0.146. The van der Waals surface area contributed by atoms with Crippen LogP contribution in [0.2, 0.25) is 0 Å². The van der Waals surface area contributed by atoms with E-state index in [9.17, 15) is 4.79 Å². The average molecular weight is 491 g/mol. The highest BCUT2D eigenvalue weighted by molar-refractivity contribution is 14.0. The summed E-state index contributed by atoms with van der Waals surface area (Å²) in [5.41, 5.74) is 0.994. The molecule has 0 radical (unpaired) electrons. The van der Waals surface area contributed by atoms with E-state index in [0.717, 1.165) is 55.5 Å². The number of aliphatic imine (C=N–C) groups is 1. The summed E-state index contributed by atoms with van der Waals surface area (Å²) < 4.78 is 15.5. The van der Waals surface area contributed by atoms with Crippen LogP contribution >= 0.6 is 24.0 Å². The largest absolute Gasteiger partial charge is 0.497 e. The highest BCUT2D eigenvalue weighted by Crippen LogP contribution is 2.25. The van der Waals surface area contributed by atoms with Gasteiger partial charge in [-0.25, -0.2) is 4.99 Å². The van der Waals surface area contributed by atoms with Crippen LogP contribution in [0.4, 0.5) is 0 Å². The van der Waals surface area contributed by atoms with Gasteiger partial charge in [0.25, 0.3) is 0 Å². The minimum atomic E-state index is -0.116. The maximum Gasteiger partial charge on any atom is 0.308 e. The number of nitrogens with one attached hydrogen (secondary N) is 1. The fourth-order valence-electron chi connectivity index (χ4n) is 3.06. The monoisotopic (exact) mass is 491 g/mol. The molecule has 27 heavy (non-hydrogen) atoms. The second-order valence-corrected chi connectivity index (χ2v) is 6.13. The molecule has 7 nitrogen and oxygen atoms in total. The van der Waals surface area contributed by atoms with Gasteiger partial charge in [-0.1, -0.05) is 0 Å². The Balaban J connectivity index is 0.00000364. The van der Waals surface area contributed by atoms with E-state index in [1.54, 1.807) is 14.2 Å². The van der Waals surface area contributed by atoms with E-state index >= 15 is 0 Å². The Morgan fingerprint density at radius 3 is 2.48 bits per heavy atom. The highest BCUT2D eigenvalue weighted by Gasteiger charge is 2.27. The number of guanidine groups is 1. The van der Waals surface area contributed by atoms with Gasteiger partial charge in [-0.3, -0.25) is 4.79 Å². The van der Waals surface area contributed by atoms with Crippen LogP contribution in [0.3, 0.4) is 0 Å². The fraction of sp³-hybridized carbons (Fsp3) is 0.579. The van der Waals surface area contributed by atoms with E-state index in [4.69, 9.17) is 19.2 Å². The van der Waals surface area contributed by atoms with Gasteiger partial charge in [0, 0.05) is 31.3 Å². The second kappa shape index (κ2) is 11.9. The summed E-state index contributed by atoms with van der Waals surface area (Å²) in [5.74, 6) is 2.24. The van der Waals surface area contributed by atoms with Crippen molar-refractivity contribution < 1.29 is 19.0 Å². The summed E-state index contributed by atoms with van der Waals surface area (Å²) in [7, 11) is 4.72. The van der Waals surface area contributed by atoms with E-state index in [1.165, 1.54) is 7.11 Å². The third-order valence-electron chi connectivity index (χ3n) is 4.56. The number of carbonyl (C=O) groups excluding carboxylic acids is 1. The molecule has 0 spiro atoms. The molecule has 0 aliphatic carbocycles. The molecule has 0 unspecified atom stereocenters. The van der Waals surface area contributed by atoms with Gasteiger partial charge in [-0.2, -0.15) is 0 Å². The molecule has 152 valence electrons. The number of ether oxygens (including phenoxy) is 3. The molecule has 8 heteroatoms. The van der Waals surface area contributed by atoms with E-state index in [-0.39, 0.29) is 35.9 Å². The van der Waals surface area contributed by atoms with Gasteiger partial charge in [-0.05, 0) is 31.9 Å². The number of rotatable bonds is 6. The minimum absolute atomic E-state index is 0. The number of nitrogens with zero attached hydrogens (tertiary/aromatic N) is 2. The lowest BCUT2D eigenvalue weighted by Crippen LogP contribution is -2.46. The number of likely N-dealkylation sites (tertiary alicyclic amines) is 1. The van der Waals surface area contributed by atoms with Gasteiger partial charge >= 0.3 is 5.97 Å². The average Bonchev–Trinajstić information content (AvgIpc) is 2.70. The molecule has 0 atom stereocenters. The van der Waals surface area contributed by atoms with Crippen molar-refractivity contribution in [2.45, 2.75) is 26.3 Å². The number of piperidine rings is 1. The predicted octanol–water partition coefficient (Wildman–Crippen LogP) is 2.67. The molecule has 1 aliphatic rings. The van der Waals surface area contributed by atoms with E-state index < -0.39 is 0 Å². The Morgan fingerprint density at radius 1 is 1.22 bits per heavy atom. The Kier molecular flexibility index (Phi) is 10.3. The van der Waals surface area contributed by atoms with Crippen LogP contribution in [0.5, 0.6) is 11.5 Å². The molecule has 2 rings (SSSR count). The minimum Gasteiger partial charge on any atom is -0.497 e. The van der Waals surface area contributed by atoms with Crippen LogP contribution in [0.25, 0.3) is 0 Å². The highest BCUT2D eigenvalue weighted by atomic mass is 127. The number of halogens is 1. The predicted molar refractivity (Wildman–Crippen MR) is 116 cm³/mol. The summed E-state index contributed by atoms with van der Waals surface area (Å²) in [6.45, 7) is 4.91. The number of carbonyl (C=O) groups is 1. The molecule has 1 heterocycles. The van der Waals surface area contributed by atoms with Crippen molar-refractivity contribution in [1.82, 2.24) is 10.2 Å². The topological polar surface area (TPSA) is 72.4 Å². The molecule has 1 fully saturated rings. The molecule has 0 aromatic heterocycles. The maximum absolute atomic E-state index is 11.7. The SMILES string of the molecule is CCNC(=NCc1ccc(OC)cc1OC)N1CCC(C(=O)OC)CC1.I. The number of hydrogen-bond donors (Lipinski definition) is 1. The summed E-state index contributed by atoms with van der Waals surface area (Å²) >= 11 is 0. The summed E-state index contributed by atoms with van der Waals surface area (Å²) in [5, 5.41) is 3.33. The summed E-state index contributed by atoms with van der Waals surface area (Å²) in [4.78, 5) is 18.6. The number of methoxy groups -OCH3 is 3. The van der Waals surface area contributed by atoms with Crippen molar-refractivity contribution in [3.63, 3.8) is 0 Å². The van der Waals surface area contributed by atoms with Crippen LogP contribution in [0.1, 0.15) is 25.3 Å². The quantitative estimate of drug-likeness (QED) is 0.286. The third kappa shape index (κ3) is 6.44. The van der Waals surface area contributed by atoms with Gasteiger partial charge in [0.1, 0.15) is 11.5 Å². The smallest absolute Gasteiger partial charge is 0.308 e. The Morgan fingerprint density at radius 2 is 1.93 bits per heavy atom. The molecule has 1 saturated heterocycles. The molecule has 1 aromatic rings. The normalized spacial score (nSPS) is 15.0. The van der Waals surface area contributed by atoms with E-state index in [2.05, 4.69) is 10.2 Å². The van der Waals surface area contributed by atoms with Crippen molar-refractivity contribution in [2.24, 2.45) is 10.9 Å². The Labute approximate surface area is 178 Å². The van der Waals surface area contributed by atoms with Crippen LogP contribution < -0.4 is 14.8 Å². The van der Waals surface area contributed by atoms with Gasteiger partial charge in [0.2, 0.25) is 0 Å². The molecule has 1 aliphatic heterocycles. The van der Waals surface area contributed by atoms with Gasteiger partial charge < -0.3 is 24.4 Å². The van der Waals surface area contributed by atoms with Crippen molar-refractivity contribution in [3.8, 4) is 11.5 Å². The van der Waals surface area contributed by atoms with Crippen molar-refractivity contribution in [1.29, 1.82) is 0 Å². The van der Waals surface area contributed by atoms with Crippen molar-refractivity contribution >= 4 is 35.9 Å². The Bertz CT molecular complexity index is 631. The molecule has 0 amide bonds. The second-order valence-electron chi connectivity index (χ2n) is 6.13. The zero-order valence-corrected chi connectivity index (χ0v) is 18.8. The zero-order chi connectivity index (χ0) is 18.9. The lowest BCUT2D eigenvalue weighted by atomic mass is 9.97. The molecule has 1 aromatic carbocycles. The standard InChI is InChI=1S/C19H29N3O4.HI/c1-5-20-19(22-10-8-14(9-11-22)18(23)26-4)21-13-15-6-7-16(24-2)12-17(15)25-3;/h6-7,12,14H,5,8-11,13H2,1-4H3,(H,20,21);1H. The van der Waals surface area contributed by atoms with E-state index in [1.807, 2.05) is 25.1 Å². The van der Waals surface area contributed by atoms with Crippen LogP contribution in [-0.2, 0) is 16.1 Å². The molecular formula is C19H30IN3O4. The van der Waals surface area contributed by atoms with Gasteiger partial charge in [0.05, 0.1) is 33.8 Å². The Hall–Kier alpha value is -1.71. The first-order valence-electron chi connectivity index (χ1n) is 8.94. The summed E-state index contributed by atoms with van der Waals surface area (Å²) in [6, 6.07) is 5.73. The van der Waals surface area contributed by atoms with Crippen LogP contribution in [0.15, 0.2) is 23.2 Å². The van der Waals surface area contributed by atoms with E-state index in [0.29, 0.717) is 6.54 Å². The number of hydrogen-bond acceptors (Lipinski definition) is 5. The molecule has 0 saturated carbocycles. The first-order valence-corrected chi connectivity index (χ1v) is 8.94. The van der Waals surface area contributed by atoms with Gasteiger partial charge in [-0.15, -0.1) is 24.0 Å². The first kappa shape index (κ1) is 23.3.